The van der Waals surface area contributed by atoms with E-state index < -0.39 is 0 Å². The third-order valence-corrected chi connectivity index (χ3v) is 6.52. The van der Waals surface area contributed by atoms with Gasteiger partial charge in [-0.05, 0) is 50.4 Å². The molecule has 2 aromatic rings. The van der Waals surface area contributed by atoms with Gasteiger partial charge in [-0.3, -0.25) is 9.78 Å². The number of Topliss-reactive ketones (excluding diaryl/α,β-unsaturated/α-hetero) is 1. The van der Waals surface area contributed by atoms with Gasteiger partial charge in [0.15, 0.2) is 10.8 Å². The maximum Gasteiger partial charge on any atom is 0.183 e. The average molecular weight is 351 g/mol. The minimum Gasteiger partial charge on any atom is -0.292 e. The first-order valence-electron chi connectivity index (χ1n) is 8.83. The molecule has 0 amide bonds. The second kappa shape index (κ2) is 6.34. The number of thiazole rings is 1. The van der Waals surface area contributed by atoms with Gasteiger partial charge >= 0.3 is 0 Å². The van der Waals surface area contributed by atoms with Crippen molar-refractivity contribution in [1.82, 2.24) is 15.0 Å². The van der Waals surface area contributed by atoms with E-state index in [2.05, 4.69) is 26.8 Å². The van der Waals surface area contributed by atoms with Crippen LogP contribution in [0.25, 0.3) is 0 Å². The molecule has 0 spiro atoms. The molecule has 4 nitrogen and oxygen atoms in total. The first kappa shape index (κ1) is 16.4. The van der Waals surface area contributed by atoms with E-state index in [1.54, 1.807) is 29.9 Å². The monoisotopic (exact) mass is 351 g/mol. The Hall–Kier alpha value is -2.06. The molecule has 2 atom stereocenters. The van der Waals surface area contributed by atoms with Crippen molar-refractivity contribution in [3.8, 4) is 11.8 Å². The fourth-order valence-corrected chi connectivity index (χ4v) is 5.15. The summed E-state index contributed by atoms with van der Waals surface area (Å²) >= 11 is 1.61. The number of fused-ring (bicyclic) bond motifs is 2. The van der Waals surface area contributed by atoms with Gasteiger partial charge in [0, 0.05) is 35.3 Å². The van der Waals surface area contributed by atoms with Crippen molar-refractivity contribution in [3.63, 3.8) is 0 Å². The summed E-state index contributed by atoms with van der Waals surface area (Å²) < 4.78 is 0. The summed E-state index contributed by atoms with van der Waals surface area (Å²) in [6.07, 6.45) is 12.0. The van der Waals surface area contributed by atoms with Crippen LogP contribution in [0.4, 0.5) is 0 Å². The van der Waals surface area contributed by atoms with Gasteiger partial charge in [0.2, 0.25) is 0 Å². The zero-order chi connectivity index (χ0) is 17.3. The van der Waals surface area contributed by atoms with Crippen LogP contribution in [0.3, 0.4) is 0 Å². The largest absolute Gasteiger partial charge is 0.292 e. The number of carbonyl (C=O) groups is 1. The smallest absolute Gasteiger partial charge is 0.183 e. The van der Waals surface area contributed by atoms with E-state index >= 15 is 0 Å². The minimum atomic E-state index is 0.0699. The molecule has 128 valence electrons. The summed E-state index contributed by atoms with van der Waals surface area (Å²) in [4.78, 5) is 25.3. The highest BCUT2D eigenvalue weighted by atomic mass is 32.1. The minimum absolute atomic E-state index is 0.0699. The zero-order valence-corrected chi connectivity index (χ0v) is 15.2. The van der Waals surface area contributed by atoms with Crippen LogP contribution in [-0.2, 0) is 0 Å². The first-order valence-corrected chi connectivity index (χ1v) is 9.71. The van der Waals surface area contributed by atoms with Crippen LogP contribution < -0.4 is 0 Å². The summed E-state index contributed by atoms with van der Waals surface area (Å²) in [5.41, 5.74) is 1.69. The van der Waals surface area contributed by atoms with E-state index in [9.17, 15) is 4.79 Å². The Balaban J connectivity index is 1.51. The Bertz CT molecular complexity index is 851. The first-order chi connectivity index (χ1) is 12.1. The number of nitrogens with zero attached hydrogens (tertiary/aromatic N) is 3. The lowest BCUT2D eigenvalue weighted by Crippen LogP contribution is -2.29. The normalized spacial score (nSPS) is 27.6. The fourth-order valence-electron chi connectivity index (χ4n) is 4.51. The molecule has 2 bridgehead atoms. The van der Waals surface area contributed by atoms with Crippen molar-refractivity contribution in [2.24, 2.45) is 10.8 Å². The molecule has 0 N–H and O–H groups in total. The van der Waals surface area contributed by atoms with Gasteiger partial charge in [0.1, 0.15) is 5.69 Å². The SMILES string of the molecule is Cc1csc(C#CC23CCCC(CC(=O)c4cnccn4)(CC2)C3)n1. The van der Waals surface area contributed by atoms with Gasteiger partial charge in [0.05, 0.1) is 6.20 Å². The molecule has 2 fully saturated rings. The highest BCUT2D eigenvalue weighted by Crippen LogP contribution is 2.60. The van der Waals surface area contributed by atoms with Crippen LogP contribution in [0.15, 0.2) is 24.0 Å². The molecular weight excluding hydrogens is 330 g/mol. The van der Waals surface area contributed by atoms with Crippen LogP contribution >= 0.6 is 11.3 Å². The Morgan fingerprint density at radius 3 is 2.96 bits per heavy atom. The van der Waals surface area contributed by atoms with Crippen molar-refractivity contribution < 1.29 is 4.79 Å². The number of rotatable bonds is 3. The van der Waals surface area contributed by atoms with Crippen molar-refractivity contribution in [1.29, 1.82) is 0 Å². The molecular formula is C20H21N3OS. The molecule has 2 aliphatic carbocycles. The molecule has 2 aliphatic rings. The molecule has 5 heteroatoms. The summed E-state index contributed by atoms with van der Waals surface area (Å²) in [6.45, 7) is 2.00. The van der Waals surface area contributed by atoms with Crippen molar-refractivity contribution in [2.75, 3.05) is 0 Å². The summed E-state index contributed by atoms with van der Waals surface area (Å²) in [7, 11) is 0. The molecule has 0 aliphatic heterocycles. The van der Waals surface area contributed by atoms with Gasteiger partial charge in [-0.25, -0.2) is 9.97 Å². The van der Waals surface area contributed by atoms with Gasteiger partial charge in [0.25, 0.3) is 0 Å². The quantitative estimate of drug-likeness (QED) is 0.614. The van der Waals surface area contributed by atoms with Crippen LogP contribution in [-0.4, -0.2) is 20.7 Å². The highest BCUT2D eigenvalue weighted by Gasteiger charge is 2.51. The van der Waals surface area contributed by atoms with Crippen molar-refractivity contribution in [2.45, 2.75) is 51.9 Å². The predicted octanol–water partition coefficient (Wildman–Crippen LogP) is 4.21. The standard InChI is InChI=1S/C20H21N3OS/c1-15-13-25-18(23-15)3-6-19-4-2-5-20(14-19,8-7-19)11-17(24)16-12-21-9-10-22-16/h9-10,12-13H,2,4-5,7-8,11,14H2,1H3. The Labute approximate surface area is 152 Å². The van der Waals surface area contributed by atoms with E-state index in [1.165, 1.54) is 0 Å². The van der Waals surface area contributed by atoms with Gasteiger partial charge in [-0.2, -0.15) is 0 Å². The van der Waals surface area contributed by atoms with Crippen molar-refractivity contribution >= 4 is 17.1 Å². The second-order valence-electron chi connectivity index (χ2n) is 7.55. The number of aromatic nitrogens is 3. The third-order valence-electron chi connectivity index (χ3n) is 5.65. The maximum absolute atomic E-state index is 12.6. The topological polar surface area (TPSA) is 55.7 Å². The average Bonchev–Trinajstić information content (AvgIpc) is 3.15. The second-order valence-corrected chi connectivity index (χ2v) is 8.40. The van der Waals surface area contributed by atoms with E-state index in [0.29, 0.717) is 12.1 Å². The number of aryl methyl sites for hydroxylation is 1. The van der Waals surface area contributed by atoms with E-state index in [1.807, 2.05) is 12.3 Å². The van der Waals surface area contributed by atoms with Crippen LogP contribution in [0.2, 0.25) is 0 Å². The lowest BCUT2D eigenvalue weighted by atomic mass is 9.67. The van der Waals surface area contributed by atoms with E-state index in [-0.39, 0.29) is 16.6 Å². The summed E-state index contributed by atoms with van der Waals surface area (Å²) in [6, 6.07) is 0. The summed E-state index contributed by atoms with van der Waals surface area (Å²) in [5.74, 6) is 6.98. The fraction of sp³-hybridized carbons (Fsp3) is 0.500. The van der Waals surface area contributed by atoms with Crippen LogP contribution in [0, 0.1) is 29.6 Å². The van der Waals surface area contributed by atoms with Crippen LogP contribution in [0.1, 0.15) is 66.1 Å². The van der Waals surface area contributed by atoms with Crippen molar-refractivity contribution in [3.05, 3.63) is 40.4 Å². The molecule has 2 heterocycles. The predicted molar refractivity (Wildman–Crippen MR) is 97.3 cm³/mol. The molecule has 2 aromatic heterocycles. The third kappa shape index (κ3) is 3.36. The number of carbonyl (C=O) groups excluding carboxylic acids is 1. The Morgan fingerprint density at radius 2 is 2.20 bits per heavy atom. The van der Waals surface area contributed by atoms with Crippen LogP contribution in [0.5, 0.6) is 0 Å². The number of ketones is 1. The maximum atomic E-state index is 12.6. The molecule has 2 unspecified atom stereocenters. The lowest BCUT2D eigenvalue weighted by Gasteiger charge is -2.36. The van der Waals surface area contributed by atoms with Gasteiger partial charge in [-0.1, -0.05) is 12.3 Å². The van der Waals surface area contributed by atoms with Gasteiger partial charge in [-0.15, -0.1) is 11.3 Å². The number of hydrogen-bond donors (Lipinski definition) is 0. The zero-order valence-electron chi connectivity index (χ0n) is 14.4. The molecule has 0 saturated heterocycles. The van der Waals surface area contributed by atoms with E-state index in [4.69, 9.17) is 0 Å². The summed E-state index contributed by atoms with van der Waals surface area (Å²) in [5, 5.41) is 2.95. The molecule has 4 rings (SSSR count). The van der Waals surface area contributed by atoms with Gasteiger partial charge < -0.3 is 0 Å². The molecule has 0 radical (unpaired) electrons. The Kier molecular flexibility index (Phi) is 4.16. The van der Waals surface area contributed by atoms with E-state index in [0.717, 1.165) is 49.2 Å². The number of hydrogen-bond acceptors (Lipinski definition) is 5. The molecule has 2 saturated carbocycles. The lowest BCUT2D eigenvalue weighted by molar-refractivity contribution is 0.0856. The highest BCUT2D eigenvalue weighted by molar-refractivity contribution is 7.10. The Morgan fingerprint density at radius 1 is 1.28 bits per heavy atom. The molecule has 25 heavy (non-hydrogen) atoms. The molecule has 0 aromatic carbocycles.